The highest BCUT2D eigenvalue weighted by Gasteiger charge is 2.51. The molecule has 1 heterocycles. The number of ether oxygens (including phenoxy) is 5. The van der Waals surface area contributed by atoms with Gasteiger partial charge in [-0.3, -0.25) is 0 Å². The SMILES string of the molecule is O=C(OCc1ccccc1)[C@H]1O[C@@H](O)[C@@H](OCc2ccccc2)[C@@H](OCc2ccccc2)[C@@H]1OCc1ccccc1. The molecule has 5 rings (SSSR count). The molecule has 4 aromatic carbocycles. The summed E-state index contributed by atoms with van der Waals surface area (Å²) in [5, 5.41) is 11.1. The van der Waals surface area contributed by atoms with Crippen LogP contribution in [0, 0.1) is 0 Å². The van der Waals surface area contributed by atoms with Crippen LogP contribution in [0.1, 0.15) is 22.3 Å². The summed E-state index contributed by atoms with van der Waals surface area (Å²) >= 11 is 0. The molecule has 1 fully saturated rings. The van der Waals surface area contributed by atoms with Gasteiger partial charge in [0.1, 0.15) is 24.9 Å². The van der Waals surface area contributed by atoms with E-state index in [9.17, 15) is 9.90 Å². The first-order chi connectivity index (χ1) is 20.2. The molecule has 41 heavy (non-hydrogen) atoms. The Labute approximate surface area is 240 Å². The molecule has 5 atom stereocenters. The minimum atomic E-state index is -1.45. The first kappa shape index (κ1) is 28.7. The molecule has 0 unspecified atom stereocenters. The molecular formula is C34H34O7. The Bertz CT molecular complexity index is 1320. The van der Waals surface area contributed by atoms with Crippen molar-refractivity contribution in [1.82, 2.24) is 0 Å². The first-order valence-corrected chi connectivity index (χ1v) is 13.7. The second kappa shape index (κ2) is 14.7. The number of rotatable bonds is 12. The highest BCUT2D eigenvalue weighted by Crippen LogP contribution is 2.30. The molecule has 7 nitrogen and oxygen atoms in total. The molecular weight excluding hydrogens is 520 g/mol. The molecule has 7 heteroatoms. The van der Waals surface area contributed by atoms with Crippen LogP contribution in [0.15, 0.2) is 121 Å². The number of benzene rings is 4. The van der Waals surface area contributed by atoms with E-state index in [1.165, 1.54) is 0 Å². The summed E-state index contributed by atoms with van der Waals surface area (Å²) in [5.74, 6) is -0.652. The highest BCUT2D eigenvalue weighted by atomic mass is 16.7. The maximum absolute atomic E-state index is 13.4. The van der Waals surface area contributed by atoms with Gasteiger partial charge in [-0.05, 0) is 22.3 Å². The standard InChI is InChI=1S/C34H34O7/c35-33(40-24-28-19-11-4-12-20-28)32-30(38-22-26-15-7-2-8-16-26)29(37-21-25-13-5-1-6-14-25)31(34(36)41-32)39-23-27-17-9-3-10-18-27/h1-20,29-32,34,36H,21-24H2/t29-,30-,31-,32-,34+/m0/s1. The number of hydrogen-bond donors (Lipinski definition) is 1. The molecule has 0 amide bonds. The summed E-state index contributed by atoms with van der Waals surface area (Å²) in [4.78, 5) is 13.4. The summed E-state index contributed by atoms with van der Waals surface area (Å²) in [7, 11) is 0. The Morgan fingerprint density at radius 2 is 0.902 bits per heavy atom. The normalized spacial score (nSPS) is 22.2. The van der Waals surface area contributed by atoms with Crippen molar-refractivity contribution in [2.75, 3.05) is 0 Å². The number of aliphatic hydroxyl groups is 1. The monoisotopic (exact) mass is 554 g/mol. The fraction of sp³-hybridized carbons (Fsp3) is 0.265. The Kier molecular flexibility index (Phi) is 10.3. The molecule has 1 aliphatic rings. The van der Waals surface area contributed by atoms with Gasteiger partial charge in [0, 0.05) is 0 Å². The Morgan fingerprint density at radius 1 is 0.537 bits per heavy atom. The predicted octanol–water partition coefficient (Wildman–Crippen LogP) is 5.20. The van der Waals surface area contributed by atoms with Gasteiger partial charge in [-0.1, -0.05) is 121 Å². The van der Waals surface area contributed by atoms with Crippen molar-refractivity contribution in [2.24, 2.45) is 0 Å². The average molecular weight is 555 g/mol. The molecule has 1 aliphatic heterocycles. The van der Waals surface area contributed by atoms with Crippen LogP contribution >= 0.6 is 0 Å². The molecule has 1 N–H and O–H groups in total. The van der Waals surface area contributed by atoms with Crippen LogP contribution in [0.2, 0.25) is 0 Å². The van der Waals surface area contributed by atoms with Crippen LogP contribution in [0.4, 0.5) is 0 Å². The third-order valence-corrected chi connectivity index (χ3v) is 6.83. The fourth-order valence-electron chi connectivity index (χ4n) is 4.68. The van der Waals surface area contributed by atoms with Crippen LogP contribution in [-0.2, 0) is 54.9 Å². The Balaban J connectivity index is 1.40. The first-order valence-electron chi connectivity index (χ1n) is 13.7. The third-order valence-electron chi connectivity index (χ3n) is 6.83. The van der Waals surface area contributed by atoms with Gasteiger partial charge in [0.25, 0.3) is 0 Å². The van der Waals surface area contributed by atoms with Crippen molar-refractivity contribution in [3.8, 4) is 0 Å². The molecule has 0 aliphatic carbocycles. The summed E-state index contributed by atoms with van der Waals surface area (Å²) in [6.45, 7) is 0.695. The zero-order chi connectivity index (χ0) is 28.3. The summed E-state index contributed by atoms with van der Waals surface area (Å²) < 4.78 is 30.4. The van der Waals surface area contributed by atoms with Crippen molar-refractivity contribution >= 4 is 5.97 Å². The lowest BCUT2D eigenvalue weighted by atomic mass is 9.97. The van der Waals surface area contributed by atoms with E-state index in [1.54, 1.807) is 0 Å². The molecule has 0 bridgehead atoms. The van der Waals surface area contributed by atoms with E-state index in [0.717, 1.165) is 22.3 Å². The number of esters is 1. The lowest BCUT2D eigenvalue weighted by Crippen LogP contribution is -2.62. The van der Waals surface area contributed by atoms with E-state index in [0.29, 0.717) is 0 Å². The zero-order valence-electron chi connectivity index (χ0n) is 22.7. The van der Waals surface area contributed by atoms with Gasteiger partial charge < -0.3 is 28.8 Å². The smallest absolute Gasteiger partial charge is 0.338 e. The Morgan fingerprint density at radius 3 is 1.34 bits per heavy atom. The molecule has 0 spiro atoms. The van der Waals surface area contributed by atoms with Gasteiger partial charge in [0.2, 0.25) is 0 Å². The van der Waals surface area contributed by atoms with E-state index in [-0.39, 0.29) is 26.4 Å². The van der Waals surface area contributed by atoms with E-state index in [1.807, 2.05) is 121 Å². The fourth-order valence-corrected chi connectivity index (χ4v) is 4.68. The molecule has 1 saturated heterocycles. The summed E-state index contributed by atoms with van der Waals surface area (Å²) in [6, 6.07) is 38.3. The number of hydrogen-bond acceptors (Lipinski definition) is 7. The summed E-state index contributed by atoms with van der Waals surface area (Å²) in [6.07, 6.45) is -5.40. The zero-order valence-corrected chi connectivity index (χ0v) is 22.7. The second-order valence-electron chi connectivity index (χ2n) is 9.82. The highest BCUT2D eigenvalue weighted by molar-refractivity contribution is 5.76. The van der Waals surface area contributed by atoms with Crippen molar-refractivity contribution in [3.63, 3.8) is 0 Å². The van der Waals surface area contributed by atoms with E-state index < -0.39 is 36.7 Å². The lowest BCUT2D eigenvalue weighted by molar-refractivity contribution is -0.309. The van der Waals surface area contributed by atoms with Gasteiger partial charge in [-0.15, -0.1) is 0 Å². The van der Waals surface area contributed by atoms with Crippen LogP contribution in [0.3, 0.4) is 0 Å². The van der Waals surface area contributed by atoms with Crippen molar-refractivity contribution in [1.29, 1.82) is 0 Å². The van der Waals surface area contributed by atoms with Crippen LogP contribution < -0.4 is 0 Å². The molecule has 0 radical (unpaired) electrons. The quantitative estimate of drug-likeness (QED) is 0.241. The van der Waals surface area contributed by atoms with Crippen molar-refractivity contribution < 1.29 is 33.6 Å². The largest absolute Gasteiger partial charge is 0.459 e. The maximum Gasteiger partial charge on any atom is 0.338 e. The third kappa shape index (κ3) is 8.10. The van der Waals surface area contributed by atoms with E-state index >= 15 is 0 Å². The average Bonchev–Trinajstić information content (AvgIpc) is 3.03. The number of carbonyl (C=O) groups excluding carboxylic acids is 1. The van der Waals surface area contributed by atoms with Gasteiger partial charge in [0.05, 0.1) is 19.8 Å². The van der Waals surface area contributed by atoms with Gasteiger partial charge in [-0.25, -0.2) is 4.79 Å². The van der Waals surface area contributed by atoms with Crippen molar-refractivity contribution in [3.05, 3.63) is 144 Å². The predicted molar refractivity (Wildman–Crippen MR) is 152 cm³/mol. The van der Waals surface area contributed by atoms with Crippen molar-refractivity contribution in [2.45, 2.75) is 57.1 Å². The minimum absolute atomic E-state index is 0.0600. The maximum atomic E-state index is 13.4. The number of aliphatic hydroxyl groups excluding tert-OH is 1. The summed E-state index contributed by atoms with van der Waals surface area (Å²) in [5.41, 5.74) is 3.60. The minimum Gasteiger partial charge on any atom is -0.459 e. The van der Waals surface area contributed by atoms with Crippen LogP contribution in [0.25, 0.3) is 0 Å². The molecule has 0 saturated carbocycles. The second-order valence-corrected chi connectivity index (χ2v) is 9.82. The lowest BCUT2D eigenvalue weighted by Gasteiger charge is -2.43. The van der Waals surface area contributed by atoms with Gasteiger partial charge in [0.15, 0.2) is 12.4 Å². The van der Waals surface area contributed by atoms with Gasteiger partial charge >= 0.3 is 5.97 Å². The molecule has 4 aromatic rings. The topological polar surface area (TPSA) is 83.5 Å². The van der Waals surface area contributed by atoms with Gasteiger partial charge in [-0.2, -0.15) is 0 Å². The molecule has 0 aromatic heterocycles. The number of carbonyl (C=O) groups is 1. The van der Waals surface area contributed by atoms with Crippen LogP contribution in [-0.4, -0.2) is 41.8 Å². The van der Waals surface area contributed by atoms with E-state index in [4.69, 9.17) is 23.7 Å². The van der Waals surface area contributed by atoms with Crippen LogP contribution in [0.5, 0.6) is 0 Å². The van der Waals surface area contributed by atoms with E-state index in [2.05, 4.69) is 0 Å². The molecule has 212 valence electrons. The Hall–Kier alpha value is -3.85.